The van der Waals surface area contributed by atoms with Crippen molar-refractivity contribution in [3.63, 3.8) is 0 Å². The Morgan fingerprint density at radius 2 is 2.29 bits per heavy atom. The van der Waals surface area contributed by atoms with E-state index in [1.54, 1.807) is 0 Å². The van der Waals surface area contributed by atoms with Gasteiger partial charge in [0.2, 0.25) is 0 Å². The monoisotopic (exact) mass is 190 g/mol. The molecule has 0 saturated heterocycles. The number of fused-ring (bicyclic) bond motifs is 1. The van der Waals surface area contributed by atoms with Crippen LogP contribution in [0.15, 0.2) is 18.2 Å². The zero-order chi connectivity index (χ0) is 9.97. The van der Waals surface area contributed by atoms with E-state index in [9.17, 15) is 0 Å². The lowest BCUT2D eigenvalue weighted by molar-refractivity contribution is 0.748. The minimum absolute atomic E-state index is 0.873. The second kappa shape index (κ2) is 3.75. The van der Waals surface area contributed by atoms with Gasteiger partial charge in [0.15, 0.2) is 11.5 Å². The Labute approximate surface area is 83.0 Å². The van der Waals surface area contributed by atoms with Crippen molar-refractivity contribution in [3.8, 4) is 0 Å². The third kappa shape index (κ3) is 1.61. The third-order valence-corrected chi connectivity index (χ3v) is 2.19. The molecule has 4 heteroatoms. The Hall–Kier alpha value is -1.42. The molecule has 0 aliphatic rings. The van der Waals surface area contributed by atoms with Crippen molar-refractivity contribution in [2.24, 2.45) is 0 Å². The predicted octanol–water partition coefficient (Wildman–Crippen LogP) is 0.800. The SMILES string of the molecule is CNCCc1nc2cccc(C)n2n1. The number of hydrogen-bond donors (Lipinski definition) is 1. The van der Waals surface area contributed by atoms with Gasteiger partial charge in [-0.1, -0.05) is 6.07 Å². The number of aromatic nitrogens is 3. The summed E-state index contributed by atoms with van der Waals surface area (Å²) >= 11 is 0. The van der Waals surface area contributed by atoms with Gasteiger partial charge in [0.05, 0.1) is 0 Å². The summed E-state index contributed by atoms with van der Waals surface area (Å²) in [5.74, 6) is 0.897. The second-order valence-corrected chi connectivity index (χ2v) is 3.32. The van der Waals surface area contributed by atoms with E-state index in [4.69, 9.17) is 0 Å². The number of nitrogens with one attached hydrogen (secondary N) is 1. The molecule has 74 valence electrons. The fraction of sp³-hybridized carbons (Fsp3) is 0.400. The first-order valence-electron chi connectivity index (χ1n) is 4.77. The van der Waals surface area contributed by atoms with Crippen LogP contribution < -0.4 is 5.32 Å². The first-order valence-corrected chi connectivity index (χ1v) is 4.77. The van der Waals surface area contributed by atoms with Crippen molar-refractivity contribution in [1.29, 1.82) is 0 Å². The summed E-state index contributed by atoms with van der Waals surface area (Å²) in [6.07, 6.45) is 0.873. The third-order valence-electron chi connectivity index (χ3n) is 2.19. The maximum absolute atomic E-state index is 4.42. The topological polar surface area (TPSA) is 42.2 Å². The molecule has 0 atom stereocenters. The van der Waals surface area contributed by atoms with Gasteiger partial charge in [0.1, 0.15) is 0 Å². The highest BCUT2D eigenvalue weighted by molar-refractivity contribution is 5.38. The van der Waals surface area contributed by atoms with Crippen LogP contribution in [0.1, 0.15) is 11.5 Å². The Morgan fingerprint density at radius 3 is 3.00 bits per heavy atom. The Balaban J connectivity index is 2.36. The number of aryl methyl sites for hydroxylation is 1. The van der Waals surface area contributed by atoms with Crippen LogP contribution in [0.2, 0.25) is 0 Å². The number of rotatable bonds is 3. The van der Waals surface area contributed by atoms with Gasteiger partial charge in [-0.15, -0.1) is 0 Å². The largest absolute Gasteiger partial charge is 0.319 e. The fourth-order valence-corrected chi connectivity index (χ4v) is 1.42. The maximum atomic E-state index is 4.42. The van der Waals surface area contributed by atoms with Gasteiger partial charge in [0.25, 0.3) is 0 Å². The van der Waals surface area contributed by atoms with Crippen LogP contribution in [0.25, 0.3) is 5.65 Å². The average Bonchev–Trinajstić information content (AvgIpc) is 2.59. The Kier molecular flexibility index (Phi) is 2.45. The van der Waals surface area contributed by atoms with Gasteiger partial charge in [-0.2, -0.15) is 5.10 Å². The average molecular weight is 190 g/mol. The lowest BCUT2D eigenvalue weighted by atomic mass is 10.4. The fourth-order valence-electron chi connectivity index (χ4n) is 1.42. The van der Waals surface area contributed by atoms with E-state index in [1.807, 2.05) is 36.7 Å². The molecule has 14 heavy (non-hydrogen) atoms. The second-order valence-electron chi connectivity index (χ2n) is 3.32. The molecule has 1 N–H and O–H groups in total. The van der Waals surface area contributed by atoms with E-state index in [1.165, 1.54) is 0 Å². The van der Waals surface area contributed by atoms with Crippen molar-refractivity contribution in [3.05, 3.63) is 29.7 Å². The molecule has 2 aromatic rings. The van der Waals surface area contributed by atoms with Crippen molar-refractivity contribution in [2.45, 2.75) is 13.3 Å². The molecule has 0 aliphatic heterocycles. The quantitative estimate of drug-likeness (QED) is 0.778. The summed E-state index contributed by atoms with van der Waals surface area (Å²) in [6.45, 7) is 2.94. The van der Waals surface area contributed by atoms with Gasteiger partial charge >= 0.3 is 0 Å². The van der Waals surface area contributed by atoms with Crippen LogP contribution in [0, 0.1) is 6.92 Å². The van der Waals surface area contributed by atoms with E-state index in [-0.39, 0.29) is 0 Å². The van der Waals surface area contributed by atoms with Crippen LogP contribution in [0.4, 0.5) is 0 Å². The minimum atomic E-state index is 0.873. The van der Waals surface area contributed by atoms with Gasteiger partial charge in [-0.05, 0) is 26.1 Å². The van der Waals surface area contributed by atoms with Crippen molar-refractivity contribution in [1.82, 2.24) is 19.9 Å². The normalized spacial score (nSPS) is 11.0. The van der Waals surface area contributed by atoms with Crippen molar-refractivity contribution in [2.75, 3.05) is 13.6 Å². The number of nitrogens with zero attached hydrogens (tertiary/aromatic N) is 3. The van der Waals surface area contributed by atoms with Gasteiger partial charge in [-0.3, -0.25) is 0 Å². The molecule has 0 aromatic carbocycles. The number of pyridine rings is 1. The highest BCUT2D eigenvalue weighted by atomic mass is 15.3. The zero-order valence-corrected chi connectivity index (χ0v) is 8.49. The Morgan fingerprint density at radius 1 is 1.43 bits per heavy atom. The van der Waals surface area contributed by atoms with E-state index >= 15 is 0 Å². The molecule has 0 unspecified atom stereocenters. The molecule has 0 aliphatic carbocycles. The summed E-state index contributed by atoms with van der Waals surface area (Å²) < 4.78 is 1.88. The van der Waals surface area contributed by atoms with Gasteiger partial charge in [0, 0.05) is 18.7 Å². The summed E-state index contributed by atoms with van der Waals surface area (Å²) in [5, 5.41) is 7.50. The summed E-state index contributed by atoms with van der Waals surface area (Å²) in [6, 6.07) is 6.01. The molecule has 2 heterocycles. The Bertz CT molecular complexity index is 433. The van der Waals surface area contributed by atoms with Crippen molar-refractivity contribution >= 4 is 5.65 Å². The number of likely N-dealkylation sites (N-methyl/N-ethyl adjacent to an activating group) is 1. The molecule has 0 saturated carbocycles. The molecule has 4 nitrogen and oxygen atoms in total. The number of hydrogen-bond acceptors (Lipinski definition) is 3. The minimum Gasteiger partial charge on any atom is -0.319 e. The van der Waals surface area contributed by atoms with Crippen LogP contribution >= 0.6 is 0 Å². The molecule has 0 spiro atoms. The highest BCUT2D eigenvalue weighted by Crippen LogP contribution is 2.04. The molecule has 0 radical (unpaired) electrons. The van der Waals surface area contributed by atoms with Crippen LogP contribution in [0.3, 0.4) is 0 Å². The highest BCUT2D eigenvalue weighted by Gasteiger charge is 2.03. The first kappa shape index (κ1) is 9.15. The standard InChI is InChI=1S/C10H14N4/c1-8-4-3-5-10-12-9(6-7-11-2)13-14(8)10/h3-5,11H,6-7H2,1-2H3. The lowest BCUT2D eigenvalue weighted by Crippen LogP contribution is -2.11. The van der Waals surface area contributed by atoms with Gasteiger partial charge in [-0.25, -0.2) is 9.50 Å². The first-order chi connectivity index (χ1) is 6.81. The summed E-state index contributed by atoms with van der Waals surface area (Å²) in [5.41, 5.74) is 2.04. The van der Waals surface area contributed by atoms with Crippen LogP contribution in [-0.2, 0) is 6.42 Å². The van der Waals surface area contributed by atoms with Crippen LogP contribution in [0.5, 0.6) is 0 Å². The van der Waals surface area contributed by atoms with E-state index in [2.05, 4.69) is 15.4 Å². The van der Waals surface area contributed by atoms with Crippen LogP contribution in [-0.4, -0.2) is 28.2 Å². The van der Waals surface area contributed by atoms with Crippen molar-refractivity contribution < 1.29 is 0 Å². The van der Waals surface area contributed by atoms with E-state index in [0.717, 1.165) is 30.1 Å². The van der Waals surface area contributed by atoms with E-state index in [0.29, 0.717) is 0 Å². The maximum Gasteiger partial charge on any atom is 0.155 e. The summed E-state index contributed by atoms with van der Waals surface area (Å²) in [4.78, 5) is 4.42. The molecule has 0 bridgehead atoms. The smallest absolute Gasteiger partial charge is 0.155 e. The molecule has 0 amide bonds. The summed E-state index contributed by atoms with van der Waals surface area (Å²) in [7, 11) is 1.93. The van der Waals surface area contributed by atoms with E-state index < -0.39 is 0 Å². The molecule has 2 rings (SSSR count). The molecular formula is C10H14N4. The molecular weight excluding hydrogens is 176 g/mol. The lowest BCUT2D eigenvalue weighted by Gasteiger charge is -1.94. The zero-order valence-electron chi connectivity index (χ0n) is 8.49. The molecule has 0 fully saturated rings. The van der Waals surface area contributed by atoms with Gasteiger partial charge < -0.3 is 5.32 Å². The molecule has 2 aromatic heterocycles. The predicted molar refractivity (Wildman–Crippen MR) is 55.4 cm³/mol.